The molecule has 1 atom stereocenters. The van der Waals surface area contributed by atoms with Crippen molar-refractivity contribution in [1.29, 1.82) is 0 Å². The molecule has 0 spiro atoms. The molecule has 1 unspecified atom stereocenters. The molecule has 4 nitrogen and oxygen atoms in total. The molecule has 1 aromatic rings. The molecule has 1 aliphatic rings. The summed E-state index contributed by atoms with van der Waals surface area (Å²) in [5.41, 5.74) is 4.88. The van der Waals surface area contributed by atoms with Gasteiger partial charge in [0.1, 0.15) is 5.82 Å². The number of halogens is 3. The number of hydrogen-bond acceptors (Lipinski definition) is 4. The molecule has 100 valence electrons. The van der Waals surface area contributed by atoms with Crippen LogP contribution < -0.4 is 10.6 Å². The molecule has 0 aliphatic carbocycles. The number of nitrogens with two attached hydrogens (primary N) is 1. The van der Waals surface area contributed by atoms with E-state index in [9.17, 15) is 13.2 Å². The van der Waals surface area contributed by atoms with Crippen molar-refractivity contribution in [3.63, 3.8) is 0 Å². The van der Waals surface area contributed by atoms with Crippen molar-refractivity contribution in [3.8, 4) is 0 Å². The fourth-order valence-electron chi connectivity index (χ4n) is 1.90. The smallest absolute Gasteiger partial charge is 0.377 e. The average molecular weight is 261 g/mol. The van der Waals surface area contributed by atoms with Gasteiger partial charge >= 0.3 is 6.18 Å². The first-order chi connectivity index (χ1) is 8.52. The SMILES string of the molecule is NCC1COCCN1c1cc(C(F)(F)F)ccn1. The van der Waals surface area contributed by atoms with Gasteiger partial charge in [0.2, 0.25) is 0 Å². The van der Waals surface area contributed by atoms with Crippen LogP contribution in [0.3, 0.4) is 0 Å². The fourth-order valence-corrected chi connectivity index (χ4v) is 1.90. The van der Waals surface area contributed by atoms with Crippen LogP contribution in [0, 0.1) is 0 Å². The van der Waals surface area contributed by atoms with Gasteiger partial charge in [0.15, 0.2) is 0 Å². The maximum atomic E-state index is 12.6. The van der Waals surface area contributed by atoms with Gasteiger partial charge in [0.05, 0.1) is 24.8 Å². The number of nitrogens with zero attached hydrogens (tertiary/aromatic N) is 2. The monoisotopic (exact) mass is 261 g/mol. The molecule has 18 heavy (non-hydrogen) atoms. The van der Waals surface area contributed by atoms with Gasteiger partial charge in [0, 0.05) is 19.3 Å². The standard InChI is InChI=1S/C11H14F3N3O/c12-11(13,14)8-1-2-16-10(5-8)17-3-4-18-7-9(17)6-15/h1-2,5,9H,3-4,6-7,15H2. The van der Waals surface area contributed by atoms with Gasteiger partial charge in [-0.15, -0.1) is 0 Å². The van der Waals surface area contributed by atoms with E-state index in [0.29, 0.717) is 32.1 Å². The second-order valence-corrected chi connectivity index (χ2v) is 4.06. The molecule has 2 N–H and O–H groups in total. The number of hydrogen-bond donors (Lipinski definition) is 1. The molecule has 7 heteroatoms. The van der Waals surface area contributed by atoms with Crippen LogP contribution in [0.5, 0.6) is 0 Å². The highest BCUT2D eigenvalue weighted by Crippen LogP contribution is 2.31. The van der Waals surface area contributed by atoms with Crippen LogP contribution in [0.15, 0.2) is 18.3 Å². The van der Waals surface area contributed by atoms with Crippen molar-refractivity contribution in [1.82, 2.24) is 4.98 Å². The molecule has 1 fully saturated rings. The Morgan fingerprint density at radius 3 is 2.94 bits per heavy atom. The summed E-state index contributed by atoms with van der Waals surface area (Å²) < 4.78 is 43.1. The van der Waals surface area contributed by atoms with Crippen molar-refractivity contribution in [3.05, 3.63) is 23.9 Å². The Morgan fingerprint density at radius 2 is 2.28 bits per heavy atom. The molecule has 0 aromatic carbocycles. The van der Waals surface area contributed by atoms with Gasteiger partial charge in [-0.05, 0) is 12.1 Å². The van der Waals surface area contributed by atoms with Crippen LogP contribution in [-0.4, -0.2) is 37.3 Å². The van der Waals surface area contributed by atoms with Gasteiger partial charge in [-0.3, -0.25) is 0 Å². The van der Waals surface area contributed by atoms with Crippen LogP contribution in [0.4, 0.5) is 19.0 Å². The predicted octanol–water partition coefficient (Wildman–Crippen LogP) is 1.26. The summed E-state index contributed by atoms with van der Waals surface area (Å²) in [6.45, 7) is 1.69. The maximum Gasteiger partial charge on any atom is 0.416 e. The Morgan fingerprint density at radius 1 is 1.50 bits per heavy atom. The number of ether oxygens (including phenoxy) is 1. The Kier molecular flexibility index (Phi) is 3.72. The van der Waals surface area contributed by atoms with E-state index in [1.165, 1.54) is 6.20 Å². The molecule has 2 heterocycles. The normalized spacial score (nSPS) is 21.1. The molecule has 2 rings (SSSR count). The number of aromatic nitrogens is 1. The lowest BCUT2D eigenvalue weighted by Gasteiger charge is -2.35. The number of anilines is 1. The summed E-state index contributed by atoms with van der Waals surface area (Å²) in [5.74, 6) is 0.295. The molecule has 1 aromatic heterocycles. The molecule has 0 amide bonds. The van der Waals surface area contributed by atoms with Gasteiger partial charge in [-0.2, -0.15) is 13.2 Å². The summed E-state index contributed by atoms with van der Waals surface area (Å²) in [6.07, 6.45) is -3.19. The van der Waals surface area contributed by atoms with Crippen LogP contribution in [0.2, 0.25) is 0 Å². The highest BCUT2D eigenvalue weighted by atomic mass is 19.4. The lowest BCUT2D eigenvalue weighted by Crippen LogP contribution is -2.49. The summed E-state index contributed by atoms with van der Waals surface area (Å²) in [7, 11) is 0. The molecule has 0 saturated carbocycles. The maximum absolute atomic E-state index is 12.6. The summed E-state index contributed by atoms with van der Waals surface area (Å²) in [5, 5.41) is 0. The molecule has 1 saturated heterocycles. The fraction of sp³-hybridized carbons (Fsp3) is 0.545. The zero-order valence-corrected chi connectivity index (χ0v) is 9.65. The van der Waals surface area contributed by atoms with E-state index < -0.39 is 11.7 Å². The van der Waals surface area contributed by atoms with Crippen LogP contribution in [-0.2, 0) is 10.9 Å². The van der Waals surface area contributed by atoms with E-state index >= 15 is 0 Å². The summed E-state index contributed by atoms with van der Waals surface area (Å²) >= 11 is 0. The predicted molar refractivity (Wildman–Crippen MR) is 60.2 cm³/mol. The minimum atomic E-state index is -4.36. The summed E-state index contributed by atoms with van der Waals surface area (Å²) in [4.78, 5) is 5.75. The van der Waals surface area contributed by atoms with Crippen molar-refractivity contribution in [2.75, 3.05) is 31.2 Å². The molecule has 0 bridgehead atoms. The molecule has 1 aliphatic heterocycles. The second-order valence-electron chi connectivity index (χ2n) is 4.06. The first kappa shape index (κ1) is 13.1. The number of pyridine rings is 1. The van der Waals surface area contributed by atoms with Crippen molar-refractivity contribution in [2.45, 2.75) is 12.2 Å². The zero-order valence-electron chi connectivity index (χ0n) is 9.65. The number of morpholine rings is 1. The van der Waals surface area contributed by atoms with Crippen molar-refractivity contribution < 1.29 is 17.9 Å². The third kappa shape index (κ3) is 2.73. The first-order valence-corrected chi connectivity index (χ1v) is 5.60. The minimum Gasteiger partial charge on any atom is -0.377 e. The molecular weight excluding hydrogens is 247 g/mol. The third-order valence-corrected chi connectivity index (χ3v) is 2.87. The Hall–Kier alpha value is -1.34. The van der Waals surface area contributed by atoms with Crippen LogP contribution in [0.25, 0.3) is 0 Å². The van der Waals surface area contributed by atoms with Crippen LogP contribution in [0.1, 0.15) is 5.56 Å². The van der Waals surface area contributed by atoms with Crippen LogP contribution >= 0.6 is 0 Å². The van der Waals surface area contributed by atoms with E-state index in [0.717, 1.165) is 12.1 Å². The minimum absolute atomic E-state index is 0.130. The van der Waals surface area contributed by atoms with Gasteiger partial charge in [-0.25, -0.2) is 4.98 Å². The van der Waals surface area contributed by atoms with E-state index in [2.05, 4.69) is 4.98 Å². The van der Waals surface area contributed by atoms with E-state index in [1.54, 1.807) is 4.90 Å². The topological polar surface area (TPSA) is 51.4 Å². The lowest BCUT2D eigenvalue weighted by atomic mass is 10.2. The quantitative estimate of drug-likeness (QED) is 0.871. The van der Waals surface area contributed by atoms with E-state index in [-0.39, 0.29) is 6.04 Å². The zero-order chi connectivity index (χ0) is 13.2. The van der Waals surface area contributed by atoms with Crippen molar-refractivity contribution in [2.24, 2.45) is 5.73 Å². The summed E-state index contributed by atoms with van der Waals surface area (Å²) in [6, 6.07) is 1.88. The average Bonchev–Trinajstić information content (AvgIpc) is 2.38. The third-order valence-electron chi connectivity index (χ3n) is 2.87. The van der Waals surface area contributed by atoms with Gasteiger partial charge in [-0.1, -0.05) is 0 Å². The number of rotatable bonds is 2. The number of alkyl halides is 3. The van der Waals surface area contributed by atoms with E-state index in [1.807, 2.05) is 0 Å². The second kappa shape index (κ2) is 5.11. The van der Waals surface area contributed by atoms with E-state index in [4.69, 9.17) is 10.5 Å². The largest absolute Gasteiger partial charge is 0.416 e. The Bertz CT molecular complexity index is 411. The molecule has 0 radical (unpaired) electrons. The van der Waals surface area contributed by atoms with Gasteiger partial charge < -0.3 is 15.4 Å². The molecular formula is C11H14F3N3O. The first-order valence-electron chi connectivity index (χ1n) is 5.60. The van der Waals surface area contributed by atoms with Crippen molar-refractivity contribution >= 4 is 5.82 Å². The Balaban J connectivity index is 2.27. The highest BCUT2D eigenvalue weighted by Gasteiger charge is 2.32. The van der Waals surface area contributed by atoms with Gasteiger partial charge in [0.25, 0.3) is 0 Å². The lowest BCUT2D eigenvalue weighted by molar-refractivity contribution is -0.137. The Labute approximate surface area is 103 Å². The highest BCUT2D eigenvalue weighted by molar-refractivity contribution is 5.43.